The summed E-state index contributed by atoms with van der Waals surface area (Å²) in [6.45, 7) is 0. The van der Waals surface area contributed by atoms with Gasteiger partial charge in [0.15, 0.2) is 17.5 Å². The first-order valence-electron chi connectivity index (χ1n) is 19.6. The Morgan fingerprint density at radius 1 is 0.491 bits per heavy atom. The Kier molecular flexibility index (Phi) is 7.51. The van der Waals surface area contributed by atoms with Crippen LogP contribution in [0.5, 0.6) is 0 Å². The number of rotatable bonds is 5. The average molecular weight is 710 g/mol. The predicted octanol–water partition coefficient (Wildman–Crippen LogP) is 13.0. The molecule has 8 aromatic rings. The van der Waals surface area contributed by atoms with Crippen LogP contribution in [0.2, 0.25) is 0 Å². The molecule has 4 nitrogen and oxygen atoms in total. The lowest BCUT2D eigenvalue weighted by Gasteiger charge is -2.43. The standard InChI is InChI=1S/C51H39N3O/c1-3-13-34(14-4-1)48-52-49(54-50(53-48)38-27-28-42-41-18-6-8-22-45(41)55-46(42)32-38)35-25-23-33(24-26-35)36-15-11-16-37(31-36)39-19-12-20-43-40-17-5-7-21-44(40)51(47(39)43)29-9-2-10-30-51/h1,3-8,11-28,31-32,43,47H,2,9-10,29-30H2. The highest BCUT2D eigenvalue weighted by molar-refractivity contribution is 6.05. The molecule has 6 aromatic carbocycles. The Morgan fingerprint density at radius 2 is 1.13 bits per heavy atom. The molecule has 0 N–H and O–H groups in total. The van der Waals surface area contributed by atoms with Gasteiger partial charge < -0.3 is 4.42 Å². The molecule has 11 rings (SSSR count). The summed E-state index contributed by atoms with van der Waals surface area (Å²) in [5.74, 6) is 2.79. The van der Waals surface area contributed by atoms with Crippen molar-refractivity contribution < 1.29 is 4.42 Å². The summed E-state index contributed by atoms with van der Waals surface area (Å²) >= 11 is 0. The molecule has 2 heterocycles. The number of benzene rings is 6. The molecule has 2 atom stereocenters. The van der Waals surface area contributed by atoms with E-state index >= 15 is 0 Å². The Hall–Kier alpha value is -6.39. The molecule has 264 valence electrons. The first-order valence-corrected chi connectivity index (χ1v) is 19.6. The van der Waals surface area contributed by atoms with Crippen LogP contribution in [0.15, 0.2) is 168 Å². The summed E-state index contributed by atoms with van der Waals surface area (Å²) in [7, 11) is 0. The van der Waals surface area contributed by atoms with Crippen molar-refractivity contribution in [3.05, 3.63) is 181 Å². The number of para-hydroxylation sites is 1. The smallest absolute Gasteiger partial charge is 0.164 e. The van der Waals surface area contributed by atoms with Gasteiger partial charge in [-0.05, 0) is 70.5 Å². The van der Waals surface area contributed by atoms with E-state index in [1.807, 2.05) is 54.6 Å². The summed E-state index contributed by atoms with van der Waals surface area (Å²) in [5, 5.41) is 2.18. The van der Waals surface area contributed by atoms with E-state index in [1.54, 1.807) is 5.56 Å². The van der Waals surface area contributed by atoms with Crippen LogP contribution >= 0.6 is 0 Å². The van der Waals surface area contributed by atoms with Crippen molar-refractivity contribution in [1.82, 2.24) is 15.0 Å². The van der Waals surface area contributed by atoms with Gasteiger partial charge in [-0.2, -0.15) is 0 Å². The Bertz CT molecular complexity index is 2800. The molecule has 1 spiro atoms. The normalized spacial score (nSPS) is 18.4. The molecule has 3 aliphatic carbocycles. The highest BCUT2D eigenvalue weighted by atomic mass is 16.3. The SMILES string of the molecule is C1=CC2c3ccccc3C3(CCCCC3)C2C(c2cccc(-c3ccc(-c4nc(-c5ccccc5)nc(-c5ccc6c(c5)oc5ccccc56)n4)cc3)c2)=C1. The average Bonchev–Trinajstić information content (AvgIpc) is 3.77. The van der Waals surface area contributed by atoms with Crippen molar-refractivity contribution in [2.75, 3.05) is 0 Å². The maximum Gasteiger partial charge on any atom is 0.164 e. The summed E-state index contributed by atoms with van der Waals surface area (Å²) < 4.78 is 6.23. The van der Waals surface area contributed by atoms with E-state index in [0.29, 0.717) is 29.3 Å². The number of hydrogen-bond acceptors (Lipinski definition) is 4. The second-order valence-corrected chi connectivity index (χ2v) is 15.5. The summed E-state index contributed by atoms with van der Waals surface area (Å²) in [5.41, 5.74) is 13.0. The fourth-order valence-electron chi connectivity index (χ4n) is 9.96. The van der Waals surface area contributed by atoms with Crippen LogP contribution in [0.25, 0.3) is 72.8 Å². The summed E-state index contributed by atoms with van der Waals surface area (Å²) in [4.78, 5) is 15.0. The third-order valence-electron chi connectivity index (χ3n) is 12.5. The van der Waals surface area contributed by atoms with E-state index in [4.69, 9.17) is 19.4 Å². The minimum Gasteiger partial charge on any atom is -0.456 e. The van der Waals surface area contributed by atoms with Crippen LogP contribution in [0, 0.1) is 5.92 Å². The van der Waals surface area contributed by atoms with E-state index in [-0.39, 0.29) is 5.41 Å². The quantitative estimate of drug-likeness (QED) is 0.178. The summed E-state index contributed by atoms with van der Waals surface area (Å²) in [6, 6.07) is 51.7. The zero-order chi connectivity index (χ0) is 36.3. The number of aromatic nitrogens is 3. The molecule has 55 heavy (non-hydrogen) atoms. The zero-order valence-corrected chi connectivity index (χ0v) is 30.5. The Labute approximate surface area is 321 Å². The zero-order valence-electron chi connectivity index (χ0n) is 30.5. The van der Waals surface area contributed by atoms with Crippen molar-refractivity contribution in [3.63, 3.8) is 0 Å². The van der Waals surface area contributed by atoms with E-state index in [0.717, 1.165) is 38.6 Å². The fourth-order valence-corrected chi connectivity index (χ4v) is 9.96. The third kappa shape index (κ3) is 5.31. The van der Waals surface area contributed by atoms with Crippen LogP contribution in [0.4, 0.5) is 0 Å². The number of nitrogens with zero attached hydrogens (tertiary/aromatic N) is 3. The predicted molar refractivity (Wildman–Crippen MR) is 223 cm³/mol. The molecule has 0 amide bonds. The van der Waals surface area contributed by atoms with E-state index in [1.165, 1.54) is 59.9 Å². The third-order valence-corrected chi connectivity index (χ3v) is 12.5. The molecule has 4 heteroatoms. The minimum absolute atomic E-state index is 0.216. The Morgan fingerprint density at radius 3 is 1.96 bits per heavy atom. The van der Waals surface area contributed by atoms with Crippen LogP contribution < -0.4 is 0 Å². The van der Waals surface area contributed by atoms with Crippen molar-refractivity contribution in [2.45, 2.75) is 43.4 Å². The lowest BCUT2D eigenvalue weighted by molar-refractivity contribution is 0.240. The largest absolute Gasteiger partial charge is 0.456 e. The summed E-state index contributed by atoms with van der Waals surface area (Å²) in [6.07, 6.45) is 13.7. The molecule has 3 aliphatic rings. The molecular weight excluding hydrogens is 671 g/mol. The van der Waals surface area contributed by atoms with E-state index in [2.05, 4.69) is 109 Å². The fraction of sp³-hybridized carbons (Fsp3) is 0.157. The van der Waals surface area contributed by atoms with Crippen molar-refractivity contribution in [1.29, 1.82) is 0 Å². The number of allylic oxidation sites excluding steroid dienone is 4. The molecule has 0 radical (unpaired) electrons. The molecule has 1 saturated carbocycles. The second-order valence-electron chi connectivity index (χ2n) is 15.5. The second kappa shape index (κ2) is 12.9. The van der Waals surface area contributed by atoms with Gasteiger partial charge in [-0.15, -0.1) is 0 Å². The van der Waals surface area contributed by atoms with Crippen LogP contribution in [-0.4, -0.2) is 15.0 Å². The maximum absolute atomic E-state index is 6.23. The molecule has 2 unspecified atom stereocenters. The monoisotopic (exact) mass is 709 g/mol. The van der Waals surface area contributed by atoms with Gasteiger partial charge in [0.2, 0.25) is 0 Å². The van der Waals surface area contributed by atoms with E-state index in [9.17, 15) is 0 Å². The highest BCUT2D eigenvalue weighted by Crippen LogP contribution is 2.62. The lowest BCUT2D eigenvalue weighted by atomic mass is 9.60. The van der Waals surface area contributed by atoms with E-state index < -0.39 is 0 Å². The van der Waals surface area contributed by atoms with Gasteiger partial charge in [-0.3, -0.25) is 0 Å². The molecule has 0 saturated heterocycles. The highest BCUT2D eigenvalue weighted by Gasteiger charge is 2.53. The van der Waals surface area contributed by atoms with Gasteiger partial charge in [0, 0.05) is 44.7 Å². The van der Waals surface area contributed by atoms with Crippen LogP contribution in [-0.2, 0) is 5.41 Å². The van der Waals surface area contributed by atoms with Gasteiger partial charge >= 0.3 is 0 Å². The number of fused-ring (bicyclic) bond motifs is 8. The van der Waals surface area contributed by atoms with Gasteiger partial charge in [0.05, 0.1) is 0 Å². The number of furan rings is 1. The van der Waals surface area contributed by atoms with Gasteiger partial charge in [0.1, 0.15) is 11.2 Å². The van der Waals surface area contributed by atoms with Gasteiger partial charge in [-0.25, -0.2) is 15.0 Å². The first-order chi connectivity index (χ1) is 27.2. The van der Waals surface area contributed by atoms with Crippen molar-refractivity contribution in [3.8, 4) is 45.3 Å². The molecule has 1 fully saturated rings. The van der Waals surface area contributed by atoms with Gasteiger partial charge in [0.25, 0.3) is 0 Å². The maximum atomic E-state index is 6.23. The minimum atomic E-state index is 0.216. The molecule has 2 aromatic heterocycles. The lowest BCUT2D eigenvalue weighted by Crippen LogP contribution is -2.36. The molecule has 0 bridgehead atoms. The topological polar surface area (TPSA) is 51.8 Å². The molecular formula is C51H39N3O. The first kappa shape index (κ1) is 32.1. The van der Waals surface area contributed by atoms with Gasteiger partial charge in [-0.1, -0.05) is 159 Å². The van der Waals surface area contributed by atoms with Crippen molar-refractivity contribution >= 4 is 27.5 Å². The van der Waals surface area contributed by atoms with Crippen molar-refractivity contribution in [2.24, 2.45) is 5.92 Å². The Balaban J connectivity index is 0.948. The van der Waals surface area contributed by atoms with Crippen LogP contribution in [0.1, 0.15) is 54.7 Å². The number of hydrogen-bond donors (Lipinski definition) is 0. The van der Waals surface area contributed by atoms with Crippen LogP contribution in [0.3, 0.4) is 0 Å². The molecule has 0 aliphatic heterocycles.